The molecule has 0 saturated carbocycles. The number of amides is 1. The standard InChI is InChI=1S/C17H25FN2O2/c1-4-13(2)17(21)20-9-7-19(8-10-20)12-14-5-6-16(22-3)15(18)11-14/h5-6,11,13H,4,7-10,12H2,1-3H3. The first-order valence-electron chi connectivity index (χ1n) is 7.88. The lowest BCUT2D eigenvalue weighted by Gasteiger charge is -2.36. The molecule has 1 aliphatic heterocycles. The highest BCUT2D eigenvalue weighted by molar-refractivity contribution is 5.78. The van der Waals surface area contributed by atoms with Gasteiger partial charge in [-0.25, -0.2) is 4.39 Å². The molecule has 0 aliphatic carbocycles. The normalized spacial score (nSPS) is 17.4. The summed E-state index contributed by atoms with van der Waals surface area (Å²) in [6.45, 7) is 7.88. The molecule has 0 bridgehead atoms. The zero-order chi connectivity index (χ0) is 16.1. The Labute approximate surface area is 131 Å². The Morgan fingerprint density at radius 1 is 1.32 bits per heavy atom. The number of benzene rings is 1. The molecule has 1 amide bonds. The predicted octanol–water partition coefficient (Wildman–Crippen LogP) is 2.52. The van der Waals surface area contributed by atoms with E-state index in [4.69, 9.17) is 4.74 Å². The Hall–Kier alpha value is -1.62. The van der Waals surface area contributed by atoms with E-state index in [-0.39, 0.29) is 23.4 Å². The molecule has 0 radical (unpaired) electrons. The fraction of sp³-hybridized carbons (Fsp3) is 0.588. The zero-order valence-corrected chi connectivity index (χ0v) is 13.6. The summed E-state index contributed by atoms with van der Waals surface area (Å²) in [5.74, 6) is 0.290. The Kier molecular flexibility index (Phi) is 5.77. The molecule has 1 aromatic carbocycles. The molecule has 122 valence electrons. The van der Waals surface area contributed by atoms with E-state index in [9.17, 15) is 9.18 Å². The summed E-state index contributed by atoms with van der Waals surface area (Å²) in [5, 5.41) is 0. The molecular formula is C17H25FN2O2. The van der Waals surface area contributed by atoms with Crippen molar-refractivity contribution in [2.45, 2.75) is 26.8 Å². The van der Waals surface area contributed by atoms with Gasteiger partial charge in [-0.1, -0.05) is 19.9 Å². The van der Waals surface area contributed by atoms with Crippen LogP contribution in [0.2, 0.25) is 0 Å². The number of piperazine rings is 1. The van der Waals surface area contributed by atoms with E-state index in [2.05, 4.69) is 4.90 Å². The number of carbonyl (C=O) groups is 1. The fourth-order valence-electron chi connectivity index (χ4n) is 2.68. The smallest absolute Gasteiger partial charge is 0.225 e. The summed E-state index contributed by atoms with van der Waals surface area (Å²) in [4.78, 5) is 16.3. The zero-order valence-electron chi connectivity index (χ0n) is 13.6. The number of nitrogens with zero attached hydrogens (tertiary/aromatic N) is 2. The number of rotatable bonds is 5. The van der Waals surface area contributed by atoms with Crippen molar-refractivity contribution in [3.63, 3.8) is 0 Å². The molecule has 1 atom stereocenters. The third kappa shape index (κ3) is 3.97. The summed E-state index contributed by atoms with van der Waals surface area (Å²) in [7, 11) is 1.46. The molecule has 1 aliphatic rings. The van der Waals surface area contributed by atoms with E-state index in [0.29, 0.717) is 6.54 Å². The first-order valence-corrected chi connectivity index (χ1v) is 7.88. The molecule has 2 rings (SSSR count). The van der Waals surface area contributed by atoms with Gasteiger partial charge in [-0.3, -0.25) is 9.69 Å². The maximum Gasteiger partial charge on any atom is 0.225 e. The first-order chi connectivity index (χ1) is 10.5. The highest BCUT2D eigenvalue weighted by Crippen LogP contribution is 2.19. The third-order valence-electron chi connectivity index (χ3n) is 4.34. The number of ether oxygens (including phenoxy) is 1. The van der Waals surface area contributed by atoms with Crippen LogP contribution < -0.4 is 4.74 Å². The lowest BCUT2D eigenvalue weighted by Crippen LogP contribution is -2.49. The van der Waals surface area contributed by atoms with Crippen LogP contribution in [0.5, 0.6) is 5.75 Å². The van der Waals surface area contributed by atoms with Crippen LogP contribution in [0.4, 0.5) is 4.39 Å². The molecule has 4 nitrogen and oxygen atoms in total. The Bertz CT molecular complexity index is 513. The minimum atomic E-state index is -0.328. The molecule has 0 aromatic heterocycles. The lowest BCUT2D eigenvalue weighted by molar-refractivity contribution is -0.136. The van der Waals surface area contributed by atoms with E-state index in [1.54, 1.807) is 6.07 Å². The minimum absolute atomic E-state index is 0.0993. The van der Waals surface area contributed by atoms with E-state index in [0.717, 1.165) is 38.2 Å². The van der Waals surface area contributed by atoms with E-state index in [1.165, 1.54) is 13.2 Å². The summed E-state index contributed by atoms with van der Waals surface area (Å²) in [6.07, 6.45) is 0.879. The number of hydrogen-bond donors (Lipinski definition) is 0. The van der Waals surface area contributed by atoms with Crippen LogP contribution in [0.1, 0.15) is 25.8 Å². The van der Waals surface area contributed by atoms with Gasteiger partial charge in [0.05, 0.1) is 7.11 Å². The quantitative estimate of drug-likeness (QED) is 0.838. The molecule has 0 spiro atoms. The van der Waals surface area contributed by atoms with Crippen molar-refractivity contribution >= 4 is 5.91 Å². The van der Waals surface area contributed by atoms with Gasteiger partial charge in [0, 0.05) is 38.6 Å². The van der Waals surface area contributed by atoms with E-state index < -0.39 is 0 Å². The average Bonchev–Trinajstić information content (AvgIpc) is 2.54. The predicted molar refractivity (Wildman–Crippen MR) is 84.3 cm³/mol. The van der Waals surface area contributed by atoms with Gasteiger partial charge in [-0.05, 0) is 24.1 Å². The second-order valence-corrected chi connectivity index (χ2v) is 5.88. The molecule has 5 heteroatoms. The van der Waals surface area contributed by atoms with Gasteiger partial charge < -0.3 is 9.64 Å². The van der Waals surface area contributed by atoms with Gasteiger partial charge >= 0.3 is 0 Å². The van der Waals surface area contributed by atoms with Gasteiger partial charge in [0.2, 0.25) is 5.91 Å². The van der Waals surface area contributed by atoms with E-state index >= 15 is 0 Å². The molecule has 1 saturated heterocycles. The van der Waals surface area contributed by atoms with Gasteiger partial charge in [0.25, 0.3) is 0 Å². The van der Waals surface area contributed by atoms with E-state index in [1.807, 2.05) is 24.8 Å². The minimum Gasteiger partial charge on any atom is -0.494 e. The maximum absolute atomic E-state index is 13.7. The van der Waals surface area contributed by atoms with Crippen molar-refractivity contribution in [1.82, 2.24) is 9.80 Å². The van der Waals surface area contributed by atoms with Gasteiger partial charge in [-0.15, -0.1) is 0 Å². The lowest BCUT2D eigenvalue weighted by atomic mass is 10.1. The number of methoxy groups -OCH3 is 1. The molecule has 1 fully saturated rings. The summed E-state index contributed by atoms with van der Waals surface area (Å²) in [6, 6.07) is 5.07. The summed E-state index contributed by atoms with van der Waals surface area (Å²) >= 11 is 0. The average molecular weight is 308 g/mol. The van der Waals surface area contributed by atoms with Crippen LogP contribution in [0.15, 0.2) is 18.2 Å². The molecular weight excluding hydrogens is 283 g/mol. The fourth-order valence-corrected chi connectivity index (χ4v) is 2.68. The maximum atomic E-state index is 13.7. The SMILES string of the molecule is CCC(C)C(=O)N1CCN(Cc2ccc(OC)c(F)c2)CC1. The van der Waals surface area contributed by atoms with Crippen LogP contribution in [-0.4, -0.2) is 49.0 Å². The topological polar surface area (TPSA) is 32.8 Å². The van der Waals surface area contributed by atoms with Crippen LogP contribution in [-0.2, 0) is 11.3 Å². The van der Waals surface area contributed by atoms with Crippen LogP contribution in [0.25, 0.3) is 0 Å². The van der Waals surface area contributed by atoms with Crippen LogP contribution in [0, 0.1) is 11.7 Å². The Balaban J connectivity index is 1.87. The van der Waals surface area contributed by atoms with Gasteiger partial charge in [0.1, 0.15) is 0 Å². The van der Waals surface area contributed by atoms with Crippen molar-refractivity contribution in [2.24, 2.45) is 5.92 Å². The van der Waals surface area contributed by atoms with Crippen molar-refractivity contribution in [2.75, 3.05) is 33.3 Å². The Morgan fingerprint density at radius 2 is 2.00 bits per heavy atom. The second kappa shape index (κ2) is 7.58. The van der Waals surface area contributed by atoms with Gasteiger partial charge in [-0.2, -0.15) is 0 Å². The van der Waals surface area contributed by atoms with Crippen molar-refractivity contribution in [3.05, 3.63) is 29.6 Å². The van der Waals surface area contributed by atoms with Crippen LogP contribution >= 0.6 is 0 Å². The highest BCUT2D eigenvalue weighted by Gasteiger charge is 2.24. The molecule has 22 heavy (non-hydrogen) atoms. The first kappa shape index (κ1) is 16.7. The monoisotopic (exact) mass is 308 g/mol. The molecule has 0 N–H and O–H groups in total. The molecule has 1 aromatic rings. The van der Waals surface area contributed by atoms with Crippen LogP contribution in [0.3, 0.4) is 0 Å². The highest BCUT2D eigenvalue weighted by atomic mass is 19.1. The van der Waals surface area contributed by atoms with Crippen molar-refractivity contribution in [1.29, 1.82) is 0 Å². The summed E-state index contributed by atoms with van der Waals surface area (Å²) < 4.78 is 18.6. The molecule has 1 heterocycles. The summed E-state index contributed by atoms with van der Waals surface area (Å²) in [5.41, 5.74) is 0.931. The number of hydrogen-bond acceptors (Lipinski definition) is 3. The largest absolute Gasteiger partial charge is 0.494 e. The number of halogens is 1. The second-order valence-electron chi connectivity index (χ2n) is 5.88. The van der Waals surface area contributed by atoms with Crippen molar-refractivity contribution < 1.29 is 13.9 Å². The van der Waals surface area contributed by atoms with Crippen molar-refractivity contribution in [3.8, 4) is 5.75 Å². The molecule has 1 unspecified atom stereocenters. The third-order valence-corrected chi connectivity index (χ3v) is 4.34. The van der Waals surface area contributed by atoms with Gasteiger partial charge in [0.15, 0.2) is 11.6 Å². The Morgan fingerprint density at radius 3 is 2.55 bits per heavy atom. The number of carbonyl (C=O) groups excluding carboxylic acids is 1.